The van der Waals surface area contributed by atoms with Gasteiger partial charge in [0.15, 0.2) is 0 Å². The number of fused-ring (bicyclic) bond motifs is 2. The van der Waals surface area contributed by atoms with Gasteiger partial charge in [0.2, 0.25) is 5.78 Å². The quantitative estimate of drug-likeness (QED) is 0.792. The van der Waals surface area contributed by atoms with Crippen molar-refractivity contribution in [3.8, 4) is 0 Å². The van der Waals surface area contributed by atoms with E-state index in [2.05, 4.69) is 40.4 Å². The van der Waals surface area contributed by atoms with E-state index in [-0.39, 0.29) is 5.78 Å². The van der Waals surface area contributed by atoms with E-state index >= 15 is 0 Å². The van der Waals surface area contributed by atoms with Gasteiger partial charge in [0.05, 0.1) is 0 Å². The first-order chi connectivity index (χ1) is 11.7. The molecule has 0 unspecified atom stereocenters. The van der Waals surface area contributed by atoms with E-state index in [1.54, 1.807) is 12.3 Å². The number of ketones is 1. The summed E-state index contributed by atoms with van der Waals surface area (Å²) in [7, 11) is 2.03. The summed E-state index contributed by atoms with van der Waals surface area (Å²) in [5.41, 5.74) is 5.91. The van der Waals surface area contributed by atoms with Crippen molar-refractivity contribution in [2.75, 3.05) is 7.05 Å². The van der Waals surface area contributed by atoms with E-state index in [9.17, 15) is 4.79 Å². The zero-order valence-corrected chi connectivity index (χ0v) is 13.3. The maximum atomic E-state index is 11.9. The number of hydrogen-bond donors (Lipinski definition) is 0. The van der Waals surface area contributed by atoms with Crippen LogP contribution in [0.5, 0.6) is 0 Å². The molecule has 24 heavy (non-hydrogen) atoms. The van der Waals surface area contributed by atoms with Gasteiger partial charge in [0, 0.05) is 36.3 Å². The van der Waals surface area contributed by atoms with E-state index in [1.807, 2.05) is 43.5 Å². The number of rotatable bonds is 1. The Kier molecular flexibility index (Phi) is 3.47. The fraction of sp³-hybridized carbons (Fsp3) is 0.0476. The number of benzene rings is 1. The molecule has 0 amide bonds. The molecule has 1 aliphatic heterocycles. The molecule has 0 spiro atoms. The van der Waals surface area contributed by atoms with Gasteiger partial charge < -0.3 is 4.90 Å². The average Bonchev–Trinajstić information content (AvgIpc) is 2.63. The minimum absolute atomic E-state index is 0.0431. The second-order valence-electron chi connectivity index (χ2n) is 5.78. The summed E-state index contributed by atoms with van der Waals surface area (Å²) in [6, 6.07) is 12.1. The third-order valence-electron chi connectivity index (χ3n) is 4.28. The molecule has 0 atom stereocenters. The van der Waals surface area contributed by atoms with Gasteiger partial charge in [-0.1, -0.05) is 42.5 Å². The molecule has 0 fully saturated rings. The molecule has 0 saturated heterocycles. The first-order valence-electron chi connectivity index (χ1n) is 7.84. The van der Waals surface area contributed by atoms with Gasteiger partial charge in [-0.3, -0.25) is 9.78 Å². The first kappa shape index (κ1) is 14.4. The Labute approximate surface area is 141 Å². The maximum Gasteiger partial charge on any atom is 0.204 e. The molecule has 2 heterocycles. The minimum Gasteiger partial charge on any atom is -0.351 e. The number of aromatic nitrogens is 1. The number of carbonyl (C=O) groups is 1. The third-order valence-corrected chi connectivity index (χ3v) is 4.28. The van der Waals surface area contributed by atoms with Crippen LogP contribution < -0.4 is 0 Å². The van der Waals surface area contributed by atoms with E-state index < -0.39 is 0 Å². The Morgan fingerprint density at radius 3 is 2.71 bits per heavy atom. The van der Waals surface area contributed by atoms with Crippen LogP contribution in [0.2, 0.25) is 0 Å². The van der Waals surface area contributed by atoms with Gasteiger partial charge in [-0.2, -0.15) is 0 Å². The van der Waals surface area contributed by atoms with Crippen LogP contribution in [0.4, 0.5) is 0 Å². The number of pyridine rings is 1. The molecule has 3 nitrogen and oxygen atoms in total. The van der Waals surface area contributed by atoms with Crippen molar-refractivity contribution in [3.63, 3.8) is 0 Å². The van der Waals surface area contributed by atoms with E-state index in [0.717, 1.165) is 16.8 Å². The lowest BCUT2D eigenvalue weighted by atomic mass is 9.95. The minimum atomic E-state index is -0.0431. The highest BCUT2D eigenvalue weighted by atomic mass is 16.1. The molecule has 4 rings (SSSR count). The van der Waals surface area contributed by atoms with Crippen LogP contribution in [0.25, 0.3) is 17.3 Å². The fourth-order valence-electron chi connectivity index (χ4n) is 3.03. The lowest BCUT2D eigenvalue weighted by molar-refractivity contribution is 0.104. The second kappa shape index (κ2) is 5.78. The summed E-state index contributed by atoms with van der Waals surface area (Å²) in [4.78, 5) is 18.3. The van der Waals surface area contributed by atoms with Gasteiger partial charge in [0.25, 0.3) is 0 Å². The van der Waals surface area contributed by atoms with Crippen LogP contribution in [0, 0.1) is 0 Å². The molecule has 0 saturated carbocycles. The molecule has 116 valence electrons. The molecular weight excluding hydrogens is 296 g/mol. The molecule has 0 N–H and O–H groups in total. The number of carbonyl (C=O) groups excluding carboxylic acids is 1. The molecular formula is C21H16N2O. The van der Waals surface area contributed by atoms with E-state index in [4.69, 9.17) is 0 Å². The van der Waals surface area contributed by atoms with Crippen LogP contribution in [0.15, 0.2) is 73.1 Å². The predicted octanol–water partition coefficient (Wildman–Crippen LogP) is 4.17. The summed E-state index contributed by atoms with van der Waals surface area (Å²) in [5.74, 6) is -0.0431. The predicted molar refractivity (Wildman–Crippen MR) is 96.9 cm³/mol. The molecule has 1 aromatic heterocycles. The van der Waals surface area contributed by atoms with Crippen LogP contribution in [0.3, 0.4) is 0 Å². The lowest BCUT2D eigenvalue weighted by Crippen LogP contribution is -2.13. The monoisotopic (exact) mass is 312 g/mol. The Hall–Kier alpha value is -3.20. The highest BCUT2D eigenvalue weighted by Gasteiger charge is 2.17. The molecule has 1 aliphatic carbocycles. The lowest BCUT2D eigenvalue weighted by Gasteiger charge is -2.24. The molecule has 1 aromatic carbocycles. The highest BCUT2D eigenvalue weighted by molar-refractivity contribution is 6.11. The average molecular weight is 312 g/mol. The Bertz CT molecular complexity index is 948. The van der Waals surface area contributed by atoms with E-state index in [1.165, 1.54) is 11.1 Å². The zero-order chi connectivity index (χ0) is 16.5. The smallest absolute Gasteiger partial charge is 0.204 e. The standard InChI is InChI=1S/C21H16N2O/c1-23-14-12-15-5-2-3-6-17(15)19(23)10-8-16-9-11-20(24)21-18(16)7-4-13-22-21/h2-14H,1H3. The number of hydrogen-bond acceptors (Lipinski definition) is 3. The Morgan fingerprint density at radius 1 is 0.958 bits per heavy atom. The summed E-state index contributed by atoms with van der Waals surface area (Å²) >= 11 is 0. The van der Waals surface area contributed by atoms with Crippen LogP contribution in [-0.2, 0) is 0 Å². The van der Waals surface area contributed by atoms with Crippen molar-refractivity contribution in [2.45, 2.75) is 0 Å². The van der Waals surface area contributed by atoms with Crippen molar-refractivity contribution < 1.29 is 4.79 Å². The van der Waals surface area contributed by atoms with E-state index in [0.29, 0.717) is 5.69 Å². The third kappa shape index (κ3) is 2.40. The van der Waals surface area contributed by atoms with Crippen molar-refractivity contribution in [3.05, 3.63) is 95.5 Å². The Morgan fingerprint density at radius 2 is 1.79 bits per heavy atom. The summed E-state index contributed by atoms with van der Waals surface area (Å²) in [5, 5.41) is 0. The van der Waals surface area contributed by atoms with Crippen LogP contribution in [-0.4, -0.2) is 22.7 Å². The van der Waals surface area contributed by atoms with Crippen molar-refractivity contribution in [1.82, 2.24) is 9.88 Å². The molecule has 2 aliphatic rings. The van der Waals surface area contributed by atoms with Gasteiger partial charge >= 0.3 is 0 Å². The topological polar surface area (TPSA) is 33.2 Å². The summed E-state index contributed by atoms with van der Waals surface area (Å²) < 4.78 is 0. The SMILES string of the molecule is CN1C=Cc2ccccc2C1=CC=C1C=CC(=O)c2ncccc21. The van der Waals surface area contributed by atoms with Gasteiger partial charge in [-0.25, -0.2) is 0 Å². The summed E-state index contributed by atoms with van der Waals surface area (Å²) in [6.45, 7) is 0. The molecule has 2 aromatic rings. The summed E-state index contributed by atoms with van der Waals surface area (Å²) in [6.07, 6.45) is 13.4. The Balaban J connectivity index is 1.80. The van der Waals surface area contributed by atoms with Crippen LogP contribution in [0.1, 0.15) is 27.2 Å². The van der Waals surface area contributed by atoms with Gasteiger partial charge in [-0.05, 0) is 35.4 Å². The van der Waals surface area contributed by atoms with Crippen LogP contribution >= 0.6 is 0 Å². The fourth-order valence-corrected chi connectivity index (χ4v) is 3.03. The molecule has 0 bridgehead atoms. The van der Waals surface area contributed by atoms with Crippen molar-refractivity contribution >= 4 is 23.1 Å². The zero-order valence-electron chi connectivity index (χ0n) is 13.3. The number of allylic oxidation sites excluding steroid dienone is 5. The number of nitrogens with zero attached hydrogens (tertiary/aromatic N) is 2. The first-order valence-corrected chi connectivity index (χ1v) is 7.84. The van der Waals surface area contributed by atoms with Gasteiger partial charge in [0.1, 0.15) is 5.69 Å². The largest absolute Gasteiger partial charge is 0.351 e. The molecule has 3 heteroatoms. The highest BCUT2D eigenvalue weighted by Crippen LogP contribution is 2.30. The molecule has 0 radical (unpaired) electrons. The maximum absolute atomic E-state index is 11.9. The van der Waals surface area contributed by atoms with Crippen molar-refractivity contribution in [1.29, 1.82) is 0 Å². The normalized spacial score (nSPS) is 18.9. The van der Waals surface area contributed by atoms with Gasteiger partial charge in [-0.15, -0.1) is 0 Å². The second-order valence-corrected chi connectivity index (χ2v) is 5.78. The van der Waals surface area contributed by atoms with Crippen molar-refractivity contribution in [2.24, 2.45) is 0 Å².